The fraction of sp³-hybridized carbons (Fsp3) is 0.417. The third-order valence-corrected chi connectivity index (χ3v) is 3.59. The van der Waals surface area contributed by atoms with Gasteiger partial charge in [-0.15, -0.1) is 11.3 Å². The van der Waals surface area contributed by atoms with E-state index in [-0.39, 0.29) is 5.78 Å². The molecule has 0 aliphatic heterocycles. The van der Waals surface area contributed by atoms with Crippen molar-refractivity contribution in [1.82, 2.24) is 14.8 Å². The van der Waals surface area contributed by atoms with Gasteiger partial charge in [-0.05, 0) is 13.5 Å². The van der Waals surface area contributed by atoms with E-state index in [4.69, 9.17) is 10.5 Å². The Labute approximate surface area is 115 Å². The molecule has 6 nitrogen and oxygen atoms in total. The predicted molar refractivity (Wildman–Crippen MR) is 72.8 cm³/mol. The molecule has 102 valence electrons. The molecular weight excluding hydrogens is 264 g/mol. The van der Waals surface area contributed by atoms with Gasteiger partial charge in [0, 0.05) is 18.3 Å². The van der Waals surface area contributed by atoms with Crippen molar-refractivity contribution in [2.24, 2.45) is 5.73 Å². The van der Waals surface area contributed by atoms with Gasteiger partial charge in [-0.2, -0.15) is 5.10 Å². The van der Waals surface area contributed by atoms with E-state index in [0.717, 1.165) is 5.01 Å². The summed E-state index contributed by atoms with van der Waals surface area (Å²) >= 11 is 1.44. The molecule has 0 fully saturated rings. The van der Waals surface area contributed by atoms with E-state index in [1.807, 2.05) is 6.92 Å². The molecular formula is C12H16N4O2S. The van der Waals surface area contributed by atoms with Crippen molar-refractivity contribution < 1.29 is 9.53 Å². The molecule has 2 N–H and O–H groups in total. The van der Waals surface area contributed by atoms with Crippen molar-refractivity contribution in [3.05, 3.63) is 28.0 Å². The first-order valence-corrected chi connectivity index (χ1v) is 6.88. The van der Waals surface area contributed by atoms with Gasteiger partial charge in [-0.1, -0.05) is 0 Å². The molecule has 0 amide bonds. The summed E-state index contributed by atoms with van der Waals surface area (Å²) in [5.41, 5.74) is 6.34. The minimum atomic E-state index is -0.171. The van der Waals surface area contributed by atoms with Gasteiger partial charge in [0.25, 0.3) is 0 Å². The Hall–Kier alpha value is -1.73. The maximum atomic E-state index is 12.5. The topological polar surface area (TPSA) is 83.0 Å². The van der Waals surface area contributed by atoms with Crippen LogP contribution >= 0.6 is 11.3 Å². The van der Waals surface area contributed by atoms with Crippen LogP contribution in [0.2, 0.25) is 0 Å². The molecule has 0 saturated heterocycles. The SMILES string of the molecule is CCn1ncc(OC)c1C(=O)c1csc(CCN)n1. The highest BCUT2D eigenvalue weighted by Gasteiger charge is 2.22. The van der Waals surface area contributed by atoms with Gasteiger partial charge >= 0.3 is 0 Å². The number of rotatable bonds is 6. The van der Waals surface area contributed by atoms with Crippen LogP contribution in [0.5, 0.6) is 5.75 Å². The third-order valence-electron chi connectivity index (χ3n) is 2.68. The van der Waals surface area contributed by atoms with Crippen LogP contribution in [0.3, 0.4) is 0 Å². The highest BCUT2D eigenvalue weighted by atomic mass is 32.1. The first kappa shape index (κ1) is 13.7. The van der Waals surface area contributed by atoms with Gasteiger partial charge in [-0.25, -0.2) is 4.98 Å². The molecule has 7 heteroatoms. The van der Waals surface area contributed by atoms with E-state index in [0.29, 0.717) is 36.6 Å². The van der Waals surface area contributed by atoms with E-state index in [1.165, 1.54) is 18.4 Å². The zero-order valence-electron chi connectivity index (χ0n) is 10.9. The van der Waals surface area contributed by atoms with E-state index in [2.05, 4.69) is 10.1 Å². The first-order chi connectivity index (χ1) is 9.21. The number of aryl methyl sites for hydroxylation is 1. The molecule has 0 aliphatic carbocycles. The number of aromatic nitrogens is 3. The lowest BCUT2D eigenvalue weighted by Gasteiger charge is -2.04. The average Bonchev–Trinajstić information content (AvgIpc) is 3.04. The summed E-state index contributed by atoms with van der Waals surface area (Å²) in [5.74, 6) is 0.302. The Kier molecular flexibility index (Phi) is 4.28. The van der Waals surface area contributed by atoms with Crippen molar-refractivity contribution >= 4 is 17.1 Å². The van der Waals surface area contributed by atoms with Crippen molar-refractivity contribution in [1.29, 1.82) is 0 Å². The van der Waals surface area contributed by atoms with Crippen LogP contribution in [0.25, 0.3) is 0 Å². The summed E-state index contributed by atoms with van der Waals surface area (Å²) in [7, 11) is 1.52. The van der Waals surface area contributed by atoms with Gasteiger partial charge in [0.05, 0.1) is 18.3 Å². The Bertz CT molecular complexity index is 555. The zero-order valence-corrected chi connectivity index (χ0v) is 11.7. The van der Waals surface area contributed by atoms with Crippen LogP contribution < -0.4 is 10.5 Å². The molecule has 2 aromatic rings. The van der Waals surface area contributed by atoms with E-state index in [9.17, 15) is 4.79 Å². The number of nitrogens with two attached hydrogens (primary N) is 1. The maximum absolute atomic E-state index is 12.5. The number of methoxy groups -OCH3 is 1. The van der Waals surface area contributed by atoms with Crippen molar-refractivity contribution in [3.63, 3.8) is 0 Å². The molecule has 0 saturated carbocycles. The van der Waals surface area contributed by atoms with Gasteiger partial charge < -0.3 is 10.5 Å². The third kappa shape index (κ3) is 2.66. The molecule has 0 spiro atoms. The molecule has 2 heterocycles. The maximum Gasteiger partial charge on any atom is 0.234 e. The Morgan fingerprint density at radius 3 is 3.00 bits per heavy atom. The second kappa shape index (κ2) is 5.94. The Balaban J connectivity index is 2.34. The number of hydrogen-bond donors (Lipinski definition) is 1. The van der Waals surface area contributed by atoms with E-state index in [1.54, 1.807) is 16.3 Å². The number of ketones is 1. The second-order valence-electron chi connectivity index (χ2n) is 3.87. The van der Waals surface area contributed by atoms with Crippen LogP contribution in [0.4, 0.5) is 0 Å². The summed E-state index contributed by atoms with van der Waals surface area (Å²) in [6.45, 7) is 3.05. The number of thiazole rings is 1. The van der Waals surface area contributed by atoms with Gasteiger partial charge in [0.2, 0.25) is 5.78 Å². The van der Waals surface area contributed by atoms with Crippen LogP contribution in [0.15, 0.2) is 11.6 Å². The lowest BCUT2D eigenvalue weighted by atomic mass is 10.2. The van der Waals surface area contributed by atoms with E-state index < -0.39 is 0 Å². The first-order valence-electron chi connectivity index (χ1n) is 6.00. The summed E-state index contributed by atoms with van der Waals surface area (Å²) in [6, 6.07) is 0. The Morgan fingerprint density at radius 2 is 2.37 bits per heavy atom. The van der Waals surface area contributed by atoms with Crippen LogP contribution in [0, 0.1) is 0 Å². The standard InChI is InChI=1S/C12H16N4O2S/c1-3-16-11(9(18-2)6-14-16)12(17)8-7-19-10(15-8)4-5-13/h6-7H,3-5,13H2,1-2H3. The fourth-order valence-electron chi connectivity index (χ4n) is 1.76. The lowest BCUT2D eigenvalue weighted by Crippen LogP contribution is -2.12. The smallest absolute Gasteiger partial charge is 0.234 e. The number of carbonyl (C=O) groups is 1. The molecule has 0 unspecified atom stereocenters. The van der Waals surface area contributed by atoms with Gasteiger partial charge in [0.1, 0.15) is 5.69 Å². The van der Waals surface area contributed by atoms with E-state index >= 15 is 0 Å². The van der Waals surface area contributed by atoms with Crippen LogP contribution in [0.1, 0.15) is 28.1 Å². The predicted octanol–water partition coefficient (Wildman–Crippen LogP) is 1.10. The summed E-state index contributed by atoms with van der Waals surface area (Å²) in [4.78, 5) is 16.8. The number of ether oxygens (including phenoxy) is 1. The normalized spacial score (nSPS) is 10.7. The molecule has 19 heavy (non-hydrogen) atoms. The average molecular weight is 280 g/mol. The van der Waals surface area contributed by atoms with Crippen molar-refractivity contribution in [2.75, 3.05) is 13.7 Å². The van der Waals surface area contributed by atoms with Crippen LogP contribution in [-0.4, -0.2) is 34.2 Å². The molecule has 0 aromatic carbocycles. The van der Waals surface area contributed by atoms with Gasteiger partial charge in [0.15, 0.2) is 11.4 Å². The summed E-state index contributed by atoms with van der Waals surface area (Å²) in [5, 5.41) is 6.74. The molecule has 0 aliphatic rings. The number of carbonyl (C=O) groups excluding carboxylic acids is 1. The number of nitrogens with zero attached hydrogens (tertiary/aromatic N) is 3. The molecule has 2 rings (SSSR count). The largest absolute Gasteiger partial charge is 0.493 e. The van der Waals surface area contributed by atoms with Crippen molar-refractivity contribution in [2.45, 2.75) is 19.9 Å². The van der Waals surface area contributed by atoms with Crippen molar-refractivity contribution in [3.8, 4) is 5.75 Å². The van der Waals surface area contributed by atoms with Crippen LogP contribution in [-0.2, 0) is 13.0 Å². The minimum absolute atomic E-state index is 0.171. The Morgan fingerprint density at radius 1 is 1.58 bits per heavy atom. The molecule has 0 atom stereocenters. The molecule has 2 aromatic heterocycles. The summed E-state index contributed by atoms with van der Waals surface area (Å²) < 4.78 is 6.79. The lowest BCUT2D eigenvalue weighted by molar-refractivity contribution is 0.102. The fourth-order valence-corrected chi connectivity index (χ4v) is 2.56. The van der Waals surface area contributed by atoms with Gasteiger partial charge in [-0.3, -0.25) is 9.48 Å². The minimum Gasteiger partial charge on any atom is -0.493 e. The highest BCUT2D eigenvalue weighted by Crippen LogP contribution is 2.22. The molecule has 0 bridgehead atoms. The monoisotopic (exact) mass is 280 g/mol. The second-order valence-corrected chi connectivity index (χ2v) is 4.81. The summed E-state index contributed by atoms with van der Waals surface area (Å²) in [6.07, 6.45) is 2.23. The zero-order chi connectivity index (χ0) is 13.8. The highest BCUT2D eigenvalue weighted by molar-refractivity contribution is 7.09. The molecule has 0 radical (unpaired) electrons. The quantitative estimate of drug-likeness (QED) is 0.801. The number of hydrogen-bond acceptors (Lipinski definition) is 6.